The van der Waals surface area contributed by atoms with Crippen molar-refractivity contribution in [3.05, 3.63) is 63.4 Å². The van der Waals surface area contributed by atoms with Crippen molar-refractivity contribution in [1.82, 2.24) is 4.98 Å². The van der Waals surface area contributed by atoms with Gasteiger partial charge in [0, 0.05) is 27.1 Å². The molecule has 0 unspecified atom stereocenters. The van der Waals surface area contributed by atoms with Crippen LogP contribution in [0.15, 0.2) is 57.9 Å². The molecule has 0 fully saturated rings. The molecule has 1 N–H and O–H groups in total. The predicted octanol–water partition coefficient (Wildman–Crippen LogP) is 3.97. The third kappa shape index (κ3) is 2.23. The number of H-pyrrole nitrogens is 1. The molecule has 0 spiro atoms. The van der Waals surface area contributed by atoms with E-state index in [2.05, 4.69) is 20.9 Å². The fourth-order valence-corrected chi connectivity index (χ4v) is 2.54. The van der Waals surface area contributed by atoms with Crippen LogP contribution in [0, 0.1) is 0 Å². The Kier molecular flexibility index (Phi) is 3.32. The summed E-state index contributed by atoms with van der Waals surface area (Å²) in [6.45, 7) is 0. The van der Waals surface area contributed by atoms with Crippen molar-refractivity contribution >= 4 is 26.8 Å². The van der Waals surface area contributed by atoms with Crippen LogP contribution in [0.4, 0.5) is 0 Å². The smallest absolute Gasteiger partial charge is 0.197 e. The predicted molar refractivity (Wildman–Crippen MR) is 84.3 cm³/mol. The van der Waals surface area contributed by atoms with Crippen LogP contribution in [0.3, 0.4) is 0 Å². The first kappa shape index (κ1) is 12.9. The zero-order chi connectivity index (χ0) is 14.1. The van der Waals surface area contributed by atoms with Gasteiger partial charge in [0.1, 0.15) is 5.75 Å². The maximum Gasteiger partial charge on any atom is 0.197 e. The molecule has 0 saturated heterocycles. The monoisotopic (exact) mass is 329 g/mol. The second kappa shape index (κ2) is 5.13. The van der Waals surface area contributed by atoms with E-state index in [0.717, 1.165) is 21.3 Å². The molecule has 3 aromatic rings. The quantitative estimate of drug-likeness (QED) is 0.773. The molecule has 3 nitrogen and oxygen atoms in total. The zero-order valence-electron chi connectivity index (χ0n) is 10.8. The fraction of sp³-hybridized carbons (Fsp3) is 0.0625. The van der Waals surface area contributed by atoms with E-state index in [1.807, 2.05) is 42.5 Å². The van der Waals surface area contributed by atoms with Crippen LogP contribution in [0.1, 0.15) is 0 Å². The largest absolute Gasteiger partial charge is 0.497 e. The molecule has 0 radical (unpaired) electrons. The van der Waals surface area contributed by atoms with E-state index < -0.39 is 0 Å². The van der Waals surface area contributed by atoms with Crippen LogP contribution in [0.25, 0.3) is 22.0 Å². The minimum atomic E-state index is 0.0187. The number of nitrogens with one attached hydrogen (secondary N) is 1. The van der Waals surface area contributed by atoms with Crippen LogP contribution in [0.2, 0.25) is 0 Å². The molecule has 0 aliphatic carbocycles. The Balaban J connectivity index is 2.20. The van der Waals surface area contributed by atoms with Gasteiger partial charge in [-0.25, -0.2) is 0 Å². The van der Waals surface area contributed by atoms with Gasteiger partial charge in [0.05, 0.1) is 7.11 Å². The zero-order valence-corrected chi connectivity index (χ0v) is 12.4. The van der Waals surface area contributed by atoms with Gasteiger partial charge in [0.25, 0.3) is 0 Å². The average Bonchev–Trinajstić information content (AvgIpc) is 2.48. The van der Waals surface area contributed by atoms with E-state index in [9.17, 15) is 4.79 Å². The van der Waals surface area contributed by atoms with Crippen molar-refractivity contribution in [2.45, 2.75) is 0 Å². The van der Waals surface area contributed by atoms with Crippen molar-refractivity contribution < 1.29 is 4.74 Å². The number of fused-ring (bicyclic) bond motifs is 1. The van der Waals surface area contributed by atoms with Crippen LogP contribution in [-0.4, -0.2) is 12.1 Å². The molecule has 0 saturated carbocycles. The summed E-state index contributed by atoms with van der Waals surface area (Å²) in [5, 5.41) is 0.674. The summed E-state index contributed by atoms with van der Waals surface area (Å²) < 4.78 is 6.02. The Hall–Kier alpha value is -2.07. The van der Waals surface area contributed by atoms with Crippen molar-refractivity contribution in [1.29, 1.82) is 0 Å². The molecule has 0 aliphatic rings. The number of methoxy groups -OCH3 is 1. The Bertz CT molecular complexity index is 822. The van der Waals surface area contributed by atoms with Crippen molar-refractivity contribution in [3.63, 3.8) is 0 Å². The molecule has 1 aromatic heterocycles. The highest BCUT2D eigenvalue weighted by atomic mass is 79.9. The average molecular weight is 330 g/mol. The lowest BCUT2D eigenvalue weighted by atomic mass is 10.0. The van der Waals surface area contributed by atoms with Crippen molar-refractivity contribution in [2.24, 2.45) is 0 Å². The van der Waals surface area contributed by atoms with Gasteiger partial charge >= 0.3 is 0 Å². The number of ether oxygens (including phenoxy) is 1. The lowest BCUT2D eigenvalue weighted by molar-refractivity contribution is 0.415. The van der Waals surface area contributed by atoms with Crippen molar-refractivity contribution in [3.8, 4) is 16.9 Å². The lowest BCUT2D eigenvalue weighted by Crippen LogP contribution is -2.06. The molecular formula is C16H12BrNO2. The topological polar surface area (TPSA) is 42.1 Å². The molecule has 0 aliphatic heterocycles. The number of rotatable bonds is 2. The number of aromatic nitrogens is 1. The van der Waals surface area contributed by atoms with E-state index in [-0.39, 0.29) is 5.43 Å². The molecule has 4 heteroatoms. The number of halogens is 1. The fourth-order valence-electron chi connectivity index (χ4n) is 2.18. The molecule has 100 valence electrons. The molecule has 0 atom stereocenters. The maximum atomic E-state index is 12.6. The van der Waals surface area contributed by atoms with E-state index >= 15 is 0 Å². The van der Waals surface area contributed by atoms with Crippen LogP contribution < -0.4 is 10.2 Å². The van der Waals surface area contributed by atoms with Gasteiger partial charge in [-0.1, -0.05) is 28.1 Å². The van der Waals surface area contributed by atoms with Gasteiger partial charge in [0.15, 0.2) is 5.43 Å². The van der Waals surface area contributed by atoms with Gasteiger partial charge in [-0.3, -0.25) is 4.79 Å². The highest BCUT2D eigenvalue weighted by Gasteiger charge is 2.07. The Morgan fingerprint density at radius 1 is 1.10 bits per heavy atom. The number of benzene rings is 2. The van der Waals surface area contributed by atoms with Gasteiger partial charge in [-0.15, -0.1) is 0 Å². The number of hydrogen-bond acceptors (Lipinski definition) is 2. The number of hydrogen-bond donors (Lipinski definition) is 1. The Labute approximate surface area is 124 Å². The standard InChI is InChI=1S/C16H12BrNO2/c1-20-12-5-2-10(3-6-12)14-9-18-15-7-4-11(17)8-13(15)16(14)19/h2-9H,1H3,(H,18,19). The normalized spacial score (nSPS) is 10.7. The summed E-state index contributed by atoms with van der Waals surface area (Å²) >= 11 is 3.40. The summed E-state index contributed by atoms with van der Waals surface area (Å²) in [6, 6.07) is 13.1. The number of pyridine rings is 1. The van der Waals surface area contributed by atoms with Gasteiger partial charge in [-0.2, -0.15) is 0 Å². The second-order valence-corrected chi connectivity index (χ2v) is 5.37. The van der Waals surface area contributed by atoms with Crippen LogP contribution in [-0.2, 0) is 0 Å². The molecular weight excluding hydrogens is 318 g/mol. The molecule has 2 aromatic carbocycles. The van der Waals surface area contributed by atoms with E-state index in [4.69, 9.17) is 4.74 Å². The van der Waals surface area contributed by atoms with Gasteiger partial charge < -0.3 is 9.72 Å². The van der Waals surface area contributed by atoms with Crippen molar-refractivity contribution in [2.75, 3.05) is 7.11 Å². The second-order valence-electron chi connectivity index (χ2n) is 4.45. The molecule has 0 bridgehead atoms. The summed E-state index contributed by atoms with van der Waals surface area (Å²) in [4.78, 5) is 15.7. The maximum absolute atomic E-state index is 12.6. The molecule has 3 rings (SSSR count). The molecule has 1 heterocycles. The molecule has 0 amide bonds. The van der Waals surface area contributed by atoms with E-state index in [1.54, 1.807) is 13.3 Å². The highest BCUT2D eigenvalue weighted by molar-refractivity contribution is 9.10. The minimum absolute atomic E-state index is 0.0187. The first-order valence-corrected chi connectivity index (χ1v) is 6.94. The first-order valence-electron chi connectivity index (χ1n) is 6.14. The van der Waals surface area contributed by atoms with E-state index in [1.165, 1.54) is 0 Å². The van der Waals surface area contributed by atoms with Crippen LogP contribution in [0.5, 0.6) is 5.75 Å². The Morgan fingerprint density at radius 2 is 1.85 bits per heavy atom. The third-order valence-corrected chi connectivity index (χ3v) is 3.74. The highest BCUT2D eigenvalue weighted by Crippen LogP contribution is 2.22. The number of aromatic amines is 1. The summed E-state index contributed by atoms with van der Waals surface area (Å²) in [7, 11) is 1.62. The summed E-state index contributed by atoms with van der Waals surface area (Å²) in [5.41, 5.74) is 2.37. The van der Waals surface area contributed by atoms with E-state index in [0.29, 0.717) is 10.9 Å². The molecule has 20 heavy (non-hydrogen) atoms. The summed E-state index contributed by atoms with van der Waals surface area (Å²) in [5.74, 6) is 0.772. The minimum Gasteiger partial charge on any atom is -0.497 e. The van der Waals surface area contributed by atoms with Gasteiger partial charge in [0.2, 0.25) is 0 Å². The van der Waals surface area contributed by atoms with Crippen LogP contribution >= 0.6 is 15.9 Å². The third-order valence-electron chi connectivity index (χ3n) is 3.24. The Morgan fingerprint density at radius 3 is 2.55 bits per heavy atom. The van der Waals surface area contributed by atoms with Gasteiger partial charge in [-0.05, 0) is 35.9 Å². The lowest BCUT2D eigenvalue weighted by Gasteiger charge is -2.05. The first-order chi connectivity index (χ1) is 9.69. The SMILES string of the molecule is COc1ccc(-c2c[nH]c3ccc(Br)cc3c2=O)cc1. The summed E-state index contributed by atoms with van der Waals surface area (Å²) in [6.07, 6.45) is 1.75.